The number of hydrazine groups is 1. The van der Waals surface area contributed by atoms with Gasteiger partial charge in [0, 0.05) is 25.4 Å². The van der Waals surface area contributed by atoms with Crippen LogP contribution in [0.1, 0.15) is 38.3 Å². The zero-order valence-electron chi connectivity index (χ0n) is 10.3. The quantitative estimate of drug-likeness (QED) is 0.542. The number of hydrogen-bond acceptors (Lipinski definition) is 4. The van der Waals surface area contributed by atoms with Crippen LogP contribution < -0.4 is 11.3 Å². The largest absolute Gasteiger partial charge is 0.379 e. The topological polar surface area (TPSA) is 65.1 Å². The Morgan fingerprint density at radius 3 is 2.81 bits per heavy atom. The van der Waals surface area contributed by atoms with Gasteiger partial charge in [-0.25, -0.2) is 0 Å². The summed E-state index contributed by atoms with van der Waals surface area (Å²) >= 11 is 0. The summed E-state index contributed by atoms with van der Waals surface area (Å²) in [6.07, 6.45) is 5.93. The van der Waals surface area contributed by atoms with Gasteiger partial charge >= 0.3 is 0 Å². The van der Waals surface area contributed by atoms with E-state index in [0.29, 0.717) is 0 Å². The molecule has 0 aliphatic heterocycles. The summed E-state index contributed by atoms with van der Waals surface area (Å²) in [5.74, 6) is 5.57. The third-order valence-corrected chi connectivity index (χ3v) is 2.72. The first-order chi connectivity index (χ1) is 7.76. The van der Waals surface area contributed by atoms with E-state index in [1.54, 1.807) is 7.11 Å². The van der Waals surface area contributed by atoms with Crippen molar-refractivity contribution in [2.45, 2.75) is 45.4 Å². The molecule has 5 heteroatoms. The van der Waals surface area contributed by atoms with Crippen molar-refractivity contribution in [2.75, 3.05) is 7.11 Å². The van der Waals surface area contributed by atoms with E-state index in [1.165, 1.54) is 0 Å². The Balaban J connectivity index is 2.77. The molecular formula is C11H22N4O. The van der Waals surface area contributed by atoms with Crippen LogP contribution in [0.5, 0.6) is 0 Å². The smallest absolute Gasteiger partial charge is 0.0777 e. The van der Waals surface area contributed by atoms with Crippen molar-refractivity contribution >= 4 is 0 Å². The van der Waals surface area contributed by atoms with Gasteiger partial charge in [0.05, 0.1) is 18.3 Å². The molecule has 0 saturated carbocycles. The summed E-state index contributed by atoms with van der Waals surface area (Å²) < 4.78 is 7.33. The van der Waals surface area contributed by atoms with E-state index in [2.05, 4.69) is 24.4 Å². The van der Waals surface area contributed by atoms with Crippen LogP contribution in [0.3, 0.4) is 0 Å². The summed E-state index contributed by atoms with van der Waals surface area (Å²) in [6, 6.07) is 0.000561. The Bertz CT molecular complexity index is 296. The van der Waals surface area contributed by atoms with Gasteiger partial charge in [0.2, 0.25) is 0 Å². The molecule has 0 aliphatic rings. The number of aryl methyl sites for hydroxylation is 1. The van der Waals surface area contributed by atoms with Crippen LogP contribution in [-0.2, 0) is 11.3 Å². The fourth-order valence-electron chi connectivity index (χ4n) is 1.85. The molecule has 3 N–H and O–H groups in total. The molecule has 0 aliphatic carbocycles. The van der Waals surface area contributed by atoms with Crippen LogP contribution in [0.4, 0.5) is 0 Å². The van der Waals surface area contributed by atoms with Gasteiger partial charge in [0.1, 0.15) is 0 Å². The Morgan fingerprint density at radius 1 is 1.56 bits per heavy atom. The first-order valence-corrected chi connectivity index (χ1v) is 5.78. The average molecular weight is 226 g/mol. The molecular weight excluding hydrogens is 204 g/mol. The van der Waals surface area contributed by atoms with E-state index in [1.807, 2.05) is 17.1 Å². The lowest BCUT2D eigenvalue weighted by atomic mass is 10.0. The fraction of sp³-hybridized carbons (Fsp3) is 0.727. The molecule has 0 radical (unpaired) electrons. The highest BCUT2D eigenvalue weighted by molar-refractivity contribution is 5.12. The number of nitrogens with zero attached hydrogens (tertiary/aromatic N) is 2. The standard InChI is InChI=1S/C11H22N4O/c1-4-6-15-8-9(7-13-15)11(14-12)10(5-2)16-3/h7-8,10-11,14H,4-6,12H2,1-3H3. The highest BCUT2D eigenvalue weighted by atomic mass is 16.5. The number of methoxy groups -OCH3 is 1. The summed E-state index contributed by atoms with van der Waals surface area (Å²) in [6.45, 7) is 5.14. The first kappa shape index (κ1) is 13.2. The molecule has 16 heavy (non-hydrogen) atoms. The van der Waals surface area contributed by atoms with E-state index in [9.17, 15) is 0 Å². The maximum atomic E-state index is 5.57. The monoisotopic (exact) mass is 226 g/mol. The molecule has 2 atom stereocenters. The molecule has 0 fully saturated rings. The molecule has 0 amide bonds. The molecule has 1 rings (SSSR count). The normalized spacial score (nSPS) is 15.0. The number of ether oxygens (including phenoxy) is 1. The van der Waals surface area contributed by atoms with Gasteiger partial charge < -0.3 is 4.74 Å². The molecule has 92 valence electrons. The second kappa shape index (κ2) is 6.62. The molecule has 0 aromatic carbocycles. The number of rotatable bonds is 7. The maximum Gasteiger partial charge on any atom is 0.0777 e. The van der Waals surface area contributed by atoms with Crippen molar-refractivity contribution in [3.63, 3.8) is 0 Å². The summed E-state index contributed by atoms with van der Waals surface area (Å²) in [4.78, 5) is 0. The van der Waals surface area contributed by atoms with Crippen molar-refractivity contribution in [1.82, 2.24) is 15.2 Å². The number of nitrogens with two attached hydrogens (primary N) is 1. The Kier molecular flexibility index (Phi) is 5.45. The fourth-order valence-corrected chi connectivity index (χ4v) is 1.85. The van der Waals surface area contributed by atoms with Gasteiger partial charge in [-0.1, -0.05) is 13.8 Å². The minimum absolute atomic E-state index is 0.000561. The third kappa shape index (κ3) is 3.04. The van der Waals surface area contributed by atoms with Crippen molar-refractivity contribution in [2.24, 2.45) is 5.84 Å². The maximum absolute atomic E-state index is 5.57. The number of hydrogen-bond donors (Lipinski definition) is 2. The molecule has 0 saturated heterocycles. The van der Waals surface area contributed by atoms with Crippen LogP contribution in [0.25, 0.3) is 0 Å². The Morgan fingerprint density at radius 2 is 2.31 bits per heavy atom. The molecule has 0 bridgehead atoms. The van der Waals surface area contributed by atoms with Crippen molar-refractivity contribution in [1.29, 1.82) is 0 Å². The third-order valence-electron chi connectivity index (χ3n) is 2.72. The van der Waals surface area contributed by atoms with Crippen LogP contribution >= 0.6 is 0 Å². The Labute approximate surface area is 96.9 Å². The van der Waals surface area contributed by atoms with Gasteiger partial charge in [-0.2, -0.15) is 5.10 Å². The van der Waals surface area contributed by atoms with Gasteiger partial charge in [0.15, 0.2) is 0 Å². The molecule has 0 spiro atoms. The van der Waals surface area contributed by atoms with Crippen LogP contribution in [0.2, 0.25) is 0 Å². The molecule has 5 nitrogen and oxygen atoms in total. The van der Waals surface area contributed by atoms with Crippen LogP contribution in [0, 0.1) is 0 Å². The zero-order valence-corrected chi connectivity index (χ0v) is 10.3. The summed E-state index contributed by atoms with van der Waals surface area (Å²) in [5, 5.41) is 4.29. The van der Waals surface area contributed by atoms with Gasteiger partial charge in [-0.15, -0.1) is 0 Å². The zero-order chi connectivity index (χ0) is 12.0. The van der Waals surface area contributed by atoms with Crippen molar-refractivity contribution in [3.8, 4) is 0 Å². The lowest BCUT2D eigenvalue weighted by molar-refractivity contribution is 0.0651. The van der Waals surface area contributed by atoms with Gasteiger partial charge in [-0.05, 0) is 12.8 Å². The van der Waals surface area contributed by atoms with E-state index in [-0.39, 0.29) is 12.1 Å². The molecule has 1 aromatic heterocycles. The van der Waals surface area contributed by atoms with Crippen molar-refractivity contribution < 1.29 is 4.74 Å². The van der Waals surface area contributed by atoms with Gasteiger partial charge in [0.25, 0.3) is 0 Å². The summed E-state index contributed by atoms with van der Waals surface area (Å²) in [7, 11) is 1.70. The van der Waals surface area contributed by atoms with E-state index < -0.39 is 0 Å². The van der Waals surface area contributed by atoms with E-state index in [4.69, 9.17) is 10.6 Å². The number of nitrogens with one attached hydrogen (secondary N) is 1. The van der Waals surface area contributed by atoms with E-state index in [0.717, 1.165) is 24.9 Å². The highest BCUT2D eigenvalue weighted by Gasteiger charge is 2.21. The van der Waals surface area contributed by atoms with E-state index >= 15 is 0 Å². The molecule has 2 unspecified atom stereocenters. The molecule has 1 aromatic rings. The number of aromatic nitrogens is 2. The first-order valence-electron chi connectivity index (χ1n) is 5.78. The second-order valence-electron chi connectivity index (χ2n) is 3.86. The second-order valence-corrected chi connectivity index (χ2v) is 3.86. The highest BCUT2D eigenvalue weighted by Crippen LogP contribution is 2.19. The van der Waals surface area contributed by atoms with Crippen LogP contribution in [0.15, 0.2) is 12.4 Å². The SMILES string of the molecule is CCCn1cc(C(NN)C(CC)OC)cn1. The molecule has 1 heterocycles. The summed E-state index contributed by atoms with van der Waals surface area (Å²) in [5.41, 5.74) is 3.87. The predicted octanol–water partition coefficient (Wildman–Crippen LogP) is 1.22. The lowest BCUT2D eigenvalue weighted by Crippen LogP contribution is -2.37. The van der Waals surface area contributed by atoms with Crippen molar-refractivity contribution in [3.05, 3.63) is 18.0 Å². The van der Waals surface area contributed by atoms with Crippen LogP contribution in [-0.4, -0.2) is 23.0 Å². The van der Waals surface area contributed by atoms with Gasteiger partial charge in [-0.3, -0.25) is 16.0 Å². The average Bonchev–Trinajstić information content (AvgIpc) is 2.74. The predicted molar refractivity (Wildman–Crippen MR) is 63.7 cm³/mol. The lowest BCUT2D eigenvalue weighted by Gasteiger charge is -2.23. The minimum atomic E-state index is 0.000561. The minimum Gasteiger partial charge on any atom is -0.379 e. The Hall–Kier alpha value is -0.910.